The molecule has 2 aliphatic rings. The van der Waals surface area contributed by atoms with E-state index in [4.69, 9.17) is 8.83 Å². The van der Waals surface area contributed by atoms with E-state index in [-0.39, 0.29) is 10.8 Å². The second-order valence-electron chi connectivity index (χ2n) is 33.9. The molecule has 0 saturated carbocycles. The second-order valence-corrected chi connectivity index (χ2v) is 33.9. The van der Waals surface area contributed by atoms with Gasteiger partial charge in [0.2, 0.25) is 0 Å². The van der Waals surface area contributed by atoms with Gasteiger partial charge >= 0.3 is 0 Å². The summed E-state index contributed by atoms with van der Waals surface area (Å²) in [6, 6.07) is 151. The number of furan rings is 2. The van der Waals surface area contributed by atoms with Crippen LogP contribution >= 0.6 is 0 Å². The standard InChI is InChI=1S/C61H42N2O.C55H38N2O/c1-61(2)55-19-8-5-14-49(55)50-34-33-47(38-56(50)61)62(45-30-25-41(26-31-45)48-17-11-18-53-52-16-7-10-21-59(52)64-60(48)53)44-28-22-40(23-29-44)43-27-35-58-54(37-43)51-15-6-9-20-57(51)63(58)46-32-24-39-12-3-4-13-42(39)36-46;1-55(2)49-16-8-5-13-43(49)44-28-26-42(34-50(44)55)56(41-27-30-54-48(33-41)46-15-7-10-18-53(46)58-54)39-23-19-36(20-24-39)38-22-29-52-47(32-38)45-14-6-9-17-51(45)57(52)40-25-21-35-11-3-4-12-37(35)31-40/h3-38H,1-2H3;3-34H,1-2H3. The Bertz CT molecular complexity index is 8210. The number of anilines is 6. The molecule has 0 N–H and O–H groups in total. The van der Waals surface area contributed by atoms with Crippen LogP contribution in [0, 0.1) is 0 Å². The SMILES string of the molecule is CC1(C)c2ccccc2-c2ccc(N(c3ccc(-c4ccc5c(c4)c4ccccc4n5-c4ccc5ccccc5c4)cc3)c3ccc(-c4cccc5c4oc4ccccc45)cc3)cc21.CC1(C)c2ccccc2-c2ccc(N(c3ccc(-c4ccc5c(c4)c4ccccc4n5-c4ccc5ccccc5c4)cc3)c3ccc4oc5ccccc5c4c3)cc21. The topological polar surface area (TPSA) is 42.6 Å². The fourth-order valence-corrected chi connectivity index (χ4v) is 20.3. The van der Waals surface area contributed by atoms with Crippen molar-refractivity contribution in [3.8, 4) is 67.0 Å². The fourth-order valence-electron chi connectivity index (χ4n) is 20.3. The maximum absolute atomic E-state index is 6.46. The molecular formula is C116H80N4O2. The maximum atomic E-state index is 6.46. The van der Waals surface area contributed by atoms with Crippen LogP contribution in [0.4, 0.5) is 34.1 Å². The molecule has 0 bridgehead atoms. The van der Waals surface area contributed by atoms with Crippen LogP contribution in [-0.2, 0) is 10.8 Å². The van der Waals surface area contributed by atoms with Crippen LogP contribution < -0.4 is 9.80 Å². The number of hydrogen-bond donors (Lipinski definition) is 0. The summed E-state index contributed by atoms with van der Waals surface area (Å²) in [6.07, 6.45) is 0. The minimum atomic E-state index is -0.122. The highest BCUT2D eigenvalue weighted by Gasteiger charge is 2.38. The third kappa shape index (κ3) is 11.2. The molecule has 6 nitrogen and oxygen atoms in total. The summed E-state index contributed by atoms with van der Waals surface area (Å²) in [4.78, 5) is 4.79. The molecule has 25 rings (SSSR count). The smallest absolute Gasteiger partial charge is 0.143 e. The summed E-state index contributed by atoms with van der Waals surface area (Å²) in [6.45, 7) is 9.40. The fraction of sp³-hybridized carbons (Fsp3) is 0.0517. The van der Waals surface area contributed by atoms with Gasteiger partial charge in [-0.15, -0.1) is 0 Å². The molecule has 4 heterocycles. The summed E-state index contributed by atoms with van der Waals surface area (Å²) in [5.74, 6) is 0. The van der Waals surface area contributed by atoms with Crippen molar-refractivity contribution in [1.29, 1.82) is 0 Å². The molecule has 0 spiro atoms. The quantitative estimate of drug-likeness (QED) is 0.129. The molecule has 576 valence electrons. The van der Waals surface area contributed by atoms with Crippen LogP contribution in [0.1, 0.15) is 49.9 Å². The minimum Gasteiger partial charge on any atom is -0.456 e. The lowest BCUT2D eigenvalue weighted by molar-refractivity contribution is 0.660. The maximum Gasteiger partial charge on any atom is 0.143 e. The first-order valence-electron chi connectivity index (χ1n) is 42.2. The molecule has 0 atom stereocenters. The van der Waals surface area contributed by atoms with E-state index in [1.807, 2.05) is 24.3 Å². The zero-order valence-corrected chi connectivity index (χ0v) is 67.9. The summed E-state index contributed by atoms with van der Waals surface area (Å²) in [7, 11) is 0. The van der Waals surface area contributed by atoms with Crippen LogP contribution in [0.5, 0.6) is 0 Å². The van der Waals surface area contributed by atoms with Crippen LogP contribution in [-0.4, -0.2) is 9.13 Å². The Hall–Kier alpha value is -15.5. The van der Waals surface area contributed by atoms with Crippen LogP contribution in [0.3, 0.4) is 0 Å². The van der Waals surface area contributed by atoms with Crippen molar-refractivity contribution in [2.24, 2.45) is 0 Å². The first-order chi connectivity index (χ1) is 60.0. The number of rotatable bonds is 11. The van der Waals surface area contributed by atoms with E-state index >= 15 is 0 Å². The Kier molecular flexibility index (Phi) is 16.0. The molecule has 122 heavy (non-hydrogen) atoms. The molecule has 19 aromatic carbocycles. The number of aromatic nitrogens is 2. The van der Waals surface area contributed by atoms with E-state index in [0.29, 0.717) is 0 Å². The summed E-state index contributed by atoms with van der Waals surface area (Å²) < 4.78 is 17.5. The minimum absolute atomic E-state index is 0.113. The van der Waals surface area contributed by atoms with Gasteiger partial charge in [-0.3, -0.25) is 0 Å². The number of fused-ring (bicyclic) bond motifs is 20. The average molecular weight is 1560 g/mol. The average Bonchev–Trinajstić information content (AvgIpc) is 1.59. The van der Waals surface area contributed by atoms with Gasteiger partial charge in [-0.25, -0.2) is 0 Å². The van der Waals surface area contributed by atoms with Gasteiger partial charge in [-0.1, -0.05) is 289 Å². The van der Waals surface area contributed by atoms with Gasteiger partial charge in [-0.2, -0.15) is 0 Å². The molecule has 0 saturated heterocycles. The molecular weight excluding hydrogens is 1480 g/mol. The van der Waals surface area contributed by atoms with Gasteiger partial charge in [0.05, 0.1) is 22.1 Å². The predicted molar refractivity (Wildman–Crippen MR) is 512 cm³/mol. The van der Waals surface area contributed by atoms with Crippen molar-refractivity contribution < 1.29 is 8.83 Å². The van der Waals surface area contributed by atoms with Gasteiger partial charge in [0, 0.05) is 105 Å². The lowest BCUT2D eigenvalue weighted by atomic mass is 9.82. The van der Waals surface area contributed by atoms with E-state index in [2.05, 4.69) is 435 Å². The normalized spacial score (nSPS) is 13.0. The molecule has 0 radical (unpaired) electrons. The van der Waals surface area contributed by atoms with Gasteiger partial charge < -0.3 is 27.8 Å². The molecule has 0 amide bonds. The molecule has 0 aliphatic heterocycles. The molecule has 4 aromatic heterocycles. The first kappa shape index (κ1) is 70.7. The zero-order valence-electron chi connectivity index (χ0n) is 67.9. The molecule has 0 fully saturated rings. The van der Waals surface area contributed by atoms with Gasteiger partial charge in [0.15, 0.2) is 0 Å². The summed E-state index contributed by atoms with van der Waals surface area (Å²) in [5.41, 5.74) is 34.8. The van der Waals surface area contributed by atoms with Crippen molar-refractivity contribution in [2.75, 3.05) is 9.80 Å². The van der Waals surface area contributed by atoms with Gasteiger partial charge in [-0.05, 0) is 246 Å². The molecule has 6 heteroatoms. The van der Waals surface area contributed by atoms with Crippen LogP contribution in [0.25, 0.3) is 176 Å². The Morgan fingerprint density at radius 2 is 0.566 bits per heavy atom. The Morgan fingerprint density at radius 3 is 1.09 bits per heavy atom. The molecule has 2 aliphatic carbocycles. The van der Waals surface area contributed by atoms with E-state index in [1.54, 1.807) is 0 Å². The van der Waals surface area contributed by atoms with E-state index in [0.717, 1.165) is 89.1 Å². The summed E-state index contributed by atoms with van der Waals surface area (Å²) in [5, 5.41) is 14.5. The van der Waals surface area contributed by atoms with Crippen molar-refractivity contribution in [3.63, 3.8) is 0 Å². The van der Waals surface area contributed by atoms with Crippen molar-refractivity contribution >= 4 is 143 Å². The van der Waals surface area contributed by atoms with Crippen LogP contribution in [0.2, 0.25) is 0 Å². The number of nitrogens with zero attached hydrogens (tertiary/aromatic N) is 4. The first-order valence-corrected chi connectivity index (χ1v) is 42.2. The Labute approximate surface area is 706 Å². The monoisotopic (exact) mass is 1560 g/mol. The molecule has 23 aromatic rings. The highest BCUT2D eigenvalue weighted by Crippen LogP contribution is 2.54. The van der Waals surface area contributed by atoms with Crippen molar-refractivity contribution in [3.05, 3.63) is 435 Å². The van der Waals surface area contributed by atoms with Crippen molar-refractivity contribution in [2.45, 2.75) is 38.5 Å². The number of benzene rings is 19. The lowest BCUT2D eigenvalue weighted by Gasteiger charge is -2.28. The van der Waals surface area contributed by atoms with E-state index < -0.39 is 0 Å². The van der Waals surface area contributed by atoms with Crippen molar-refractivity contribution in [1.82, 2.24) is 9.13 Å². The number of para-hydroxylation sites is 5. The highest BCUT2D eigenvalue weighted by molar-refractivity contribution is 6.14. The zero-order chi connectivity index (χ0) is 81.1. The third-order valence-corrected chi connectivity index (χ3v) is 26.4. The van der Waals surface area contributed by atoms with Gasteiger partial charge in [0.1, 0.15) is 22.3 Å². The summed E-state index contributed by atoms with van der Waals surface area (Å²) >= 11 is 0. The highest BCUT2D eigenvalue weighted by atomic mass is 16.3. The number of hydrogen-bond acceptors (Lipinski definition) is 4. The predicted octanol–water partition coefficient (Wildman–Crippen LogP) is 32.2. The lowest BCUT2D eigenvalue weighted by Crippen LogP contribution is -2.16. The third-order valence-electron chi connectivity index (χ3n) is 26.4. The largest absolute Gasteiger partial charge is 0.456 e. The molecule has 0 unspecified atom stereocenters. The van der Waals surface area contributed by atoms with E-state index in [9.17, 15) is 0 Å². The van der Waals surface area contributed by atoms with Gasteiger partial charge in [0.25, 0.3) is 0 Å². The second kappa shape index (κ2) is 27.5. The van der Waals surface area contributed by atoms with E-state index in [1.165, 1.54) is 143 Å². The Balaban J connectivity index is 0.000000139. The van der Waals surface area contributed by atoms with Crippen LogP contribution in [0.15, 0.2) is 421 Å². The Morgan fingerprint density at radius 1 is 0.205 bits per heavy atom.